The molecule has 1 heterocycles. The van der Waals surface area contributed by atoms with E-state index in [1.165, 1.54) is 18.2 Å². The van der Waals surface area contributed by atoms with Crippen LogP contribution in [0.5, 0.6) is 5.75 Å². The summed E-state index contributed by atoms with van der Waals surface area (Å²) in [6.45, 7) is 7.16. The molecule has 0 saturated heterocycles. The fourth-order valence-corrected chi connectivity index (χ4v) is 3.31. The van der Waals surface area contributed by atoms with Crippen LogP contribution < -0.4 is 4.74 Å². The summed E-state index contributed by atoms with van der Waals surface area (Å²) in [6, 6.07) is 5.89. The number of aromatic nitrogens is 1. The fraction of sp³-hybridized carbons (Fsp3) is 0.368. The van der Waals surface area contributed by atoms with Crippen LogP contribution in [0.25, 0.3) is 0 Å². The number of nitrogens with zero attached hydrogens (tertiary/aromatic N) is 1. The molecule has 5 nitrogen and oxygen atoms in total. The number of carbonyl (C=O) groups excluding carboxylic acids is 2. The molecular weight excluding hydrogens is 405 g/mol. The molecule has 7 heteroatoms. The second-order valence-electron chi connectivity index (χ2n) is 6.20. The number of Topliss-reactive ketones (excluding diaryl/α,β-unsaturated/α-hetero) is 1. The predicted molar refractivity (Wildman–Crippen MR) is 99.2 cm³/mol. The first-order valence-electron chi connectivity index (χ1n) is 8.15. The Morgan fingerprint density at radius 2 is 1.88 bits per heavy atom. The number of ketones is 1. The Morgan fingerprint density at radius 3 is 2.46 bits per heavy atom. The van der Waals surface area contributed by atoms with Crippen LogP contribution in [0.2, 0.25) is 0 Å². The third-order valence-corrected chi connectivity index (χ3v) is 4.52. The Balaban J connectivity index is 1.91. The van der Waals surface area contributed by atoms with E-state index in [-0.39, 0.29) is 25.0 Å². The van der Waals surface area contributed by atoms with E-state index >= 15 is 0 Å². The molecule has 0 N–H and O–H groups in total. The molecule has 0 radical (unpaired) electrons. The lowest BCUT2D eigenvalue weighted by Crippen LogP contribution is -2.20. The molecule has 0 unspecified atom stereocenters. The third kappa shape index (κ3) is 4.72. The minimum atomic E-state index is -0.674. The van der Waals surface area contributed by atoms with Gasteiger partial charge in [0.1, 0.15) is 11.6 Å². The molecule has 0 amide bonds. The van der Waals surface area contributed by atoms with Gasteiger partial charge < -0.3 is 14.0 Å². The van der Waals surface area contributed by atoms with E-state index in [4.69, 9.17) is 9.47 Å². The Bertz CT molecular complexity index is 829. The number of rotatable bonds is 7. The number of halogens is 2. The summed E-state index contributed by atoms with van der Waals surface area (Å²) in [4.78, 5) is 24.1. The van der Waals surface area contributed by atoms with Gasteiger partial charge in [-0.1, -0.05) is 0 Å². The summed E-state index contributed by atoms with van der Waals surface area (Å²) in [7, 11) is 0. The summed E-state index contributed by atoms with van der Waals surface area (Å²) in [5.41, 5.74) is 2.38. The van der Waals surface area contributed by atoms with E-state index in [2.05, 4.69) is 20.5 Å². The first-order chi connectivity index (χ1) is 12.2. The zero-order valence-electron chi connectivity index (χ0n) is 15.1. The van der Waals surface area contributed by atoms with Crippen molar-refractivity contribution in [2.75, 3.05) is 13.2 Å². The average Bonchev–Trinajstić information content (AvgIpc) is 2.86. The predicted octanol–water partition coefficient (Wildman–Crippen LogP) is 4.39. The van der Waals surface area contributed by atoms with Crippen molar-refractivity contribution in [3.63, 3.8) is 0 Å². The maximum Gasteiger partial charge on any atom is 0.344 e. The lowest BCUT2D eigenvalue weighted by atomic mass is 10.1. The molecule has 2 aromatic rings. The van der Waals surface area contributed by atoms with Crippen molar-refractivity contribution >= 4 is 27.7 Å². The second kappa shape index (κ2) is 8.49. The van der Waals surface area contributed by atoms with Crippen molar-refractivity contribution in [1.29, 1.82) is 0 Å². The van der Waals surface area contributed by atoms with E-state index < -0.39 is 11.8 Å². The number of aryl methyl sites for hydroxylation is 1. The zero-order valence-corrected chi connectivity index (χ0v) is 16.7. The van der Waals surface area contributed by atoms with Crippen LogP contribution >= 0.6 is 15.9 Å². The summed E-state index contributed by atoms with van der Waals surface area (Å²) in [5, 5.41) is 0. The van der Waals surface area contributed by atoms with E-state index in [1.807, 2.05) is 27.7 Å². The minimum absolute atomic E-state index is 0.238. The summed E-state index contributed by atoms with van der Waals surface area (Å²) >= 11 is 3.15. The van der Waals surface area contributed by atoms with E-state index in [9.17, 15) is 14.0 Å². The molecule has 0 bridgehead atoms. The molecule has 0 aliphatic carbocycles. The van der Waals surface area contributed by atoms with Crippen molar-refractivity contribution in [3.8, 4) is 5.75 Å². The second-order valence-corrected chi connectivity index (χ2v) is 7.05. The maximum absolute atomic E-state index is 13.0. The van der Waals surface area contributed by atoms with Crippen LogP contribution in [-0.4, -0.2) is 29.5 Å². The number of benzene rings is 1. The van der Waals surface area contributed by atoms with Gasteiger partial charge in [-0.2, -0.15) is 0 Å². The Morgan fingerprint density at radius 1 is 1.19 bits per heavy atom. The van der Waals surface area contributed by atoms with Gasteiger partial charge in [0.05, 0.1) is 4.47 Å². The van der Waals surface area contributed by atoms with Crippen LogP contribution in [-0.2, 0) is 9.53 Å². The van der Waals surface area contributed by atoms with Crippen molar-refractivity contribution in [3.05, 3.63) is 51.5 Å². The third-order valence-electron chi connectivity index (χ3n) is 3.90. The van der Waals surface area contributed by atoms with Gasteiger partial charge in [-0.15, -0.1) is 0 Å². The number of hydrogen-bond acceptors (Lipinski definition) is 4. The molecule has 0 atom stereocenters. The largest absolute Gasteiger partial charge is 0.481 e. The summed E-state index contributed by atoms with van der Waals surface area (Å²) in [6.07, 6.45) is 0. The first kappa shape index (κ1) is 20.2. The lowest BCUT2D eigenvalue weighted by molar-refractivity contribution is -0.144. The van der Waals surface area contributed by atoms with Crippen molar-refractivity contribution in [2.24, 2.45) is 0 Å². The molecule has 0 spiro atoms. The maximum atomic E-state index is 13.0. The van der Waals surface area contributed by atoms with Gasteiger partial charge in [0.15, 0.2) is 13.2 Å². The molecule has 0 fully saturated rings. The zero-order chi connectivity index (χ0) is 19.4. The molecule has 26 heavy (non-hydrogen) atoms. The number of esters is 1. The first-order valence-corrected chi connectivity index (χ1v) is 8.95. The van der Waals surface area contributed by atoms with E-state index in [1.54, 1.807) is 6.07 Å². The Kier molecular flexibility index (Phi) is 6.58. The Hall–Kier alpha value is -2.15. The highest BCUT2D eigenvalue weighted by Gasteiger charge is 2.18. The topological polar surface area (TPSA) is 57.5 Å². The molecule has 140 valence electrons. The minimum Gasteiger partial charge on any atom is -0.481 e. The summed E-state index contributed by atoms with van der Waals surface area (Å²) in [5.74, 6) is -1.04. The Labute approximate surface area is 160 Å². The lowest BCUT2D eigenvalue weighted by Gasteiger charge is -2.13. The van der Waals surface area contributed by atoms with E-state index in [0.29, 0.717) is 15.8 Å². The van der Waals surface area contributed by atoms with Gasteiger partial charge in [0.2, 0.25) is 5.78 Å². The van der Waals surface area contributed by atoms with Crippen LogP contribution in [0.1, 0.15) is 41.6 Å². The SMILES string of the molecule is Cc1cc(C(=O)COC(=O)COc2ccc(F)cc2Br)c(C)n1C(C)C. The van der Waals surface area contributed by atoms with Gasteiger partial charge in [-0.3, -0.25) is 4.79 Å². The highest BCUT2D eigenvalue weighted by atomic mass is 79.9. The molecule has 1 aromatic heterocycles. The van der Waals surface area contributed by atoms with Crippen molar-refractivity contribution < 1.29 is 23.5 Å². The number of ether oxygens (including phenoxy) is 2. The fourth-order valence-electron chi connectivity index (χ4n) is 2.85. The highest BCUT2D eigenvalue weighted by molar-refractivity contribution is 9.10. The highest BCUT2D eigenvalue weighted by Crippen LogP contribution is 2.25. The monoisotopic (exact) mass is 425 g/mol. The average molecular weight is 426 g/mol. The number of carbonyl (C=O) groups is 2. The van der Waals surface area contributed by atoms with Gasteiger partial charge in [-0.05, 0) is 67.9 Å². The van der Waals surface area contributed by atoms with Gasteiger partial charge in [0.25, 0.3) is 0 Å². The van der Waals surface area contributed by atoms with Gasteiger partial charge >= 0.3 is 5.97 Å². The van der Waals surface area contributed by atoms with Crippen LogP contribution in [0.3, 0.4) is 0 Å². The van der Waals surface area contributed by atoms with E-state index in [0.717, 1.165) is 11.4 Å². The number of hydrogen-bond donors (Lipinski definition) is 0. The van der Waals surface area contributed by atoms with Crippen LogP contribution in [0.15, 0.2) is 28.7 Å². The smallest absolute Gasteiger partial charge is 0.344 e. The van der Waals surface area contributed by atoms with Crippen molar-refractivity contribution in [1.82, 2.24) is 4.57 Å². The van der Waals surface area contributed by atoms with Crippen molar-refractivity contribution in [2.45, 2.75) is 33.7 Å². The molecule has 0 saturated carbocycles. The van der Waals surface area contributed by atoms with Gasteiger partial charge in [-0.25, -0.2) is 9.18 Å². The molecule has 0 aliphatic heterocycles. The molecule has 2 rings (SSSR count). The normalized spacial score (nSPS) is 10.9. The van der Waals surface area contributed by atoms with Crippen LogP contribution in [0, 0.1) is 19.7 Å². The molecule has 0 aliphatic rings. The molecular formula is C19H21BrFNO4. The standard InChI is InChI=1S/C19H21BrFNO4/c1-11(2)22-12(3)7-15(13(22)4)17(23)9-26-19(24)10-25-18-6-5-14(21)8-16(18)20/h5-8,11H,9-10H2,1-4H3. The molecule has 1 aromatic carbocycles. The quantitative estimate of drug-likeness (QED) is 0.487. The van der Waals surface area contributed by atoms with Gasteiger partial charge in [0, 0.05) is 23.0 Å². The summed E-state index contributed by atoms with van der Waals surface area (Å²) < 4.78 is 25.7. The van der Waals surface area contributed by atoms with Crippen LogP contribution in [0.4, 0.5) is 4.39 Å².